The van der Waals surface area contributed by atoms with E-state index in [0.717, 1.165) is 32.6 Å². The summed E-state index contributed by atoms with van der Waals surface area (Å²) in [5, 5.41) is 12.8. The summed E-state index contributed by atoms with van der Waals surface area (Å²) in [4.78, 5) is 69.6. The standard InChI is InChI=1S/C35H50N4O6.C2H4O2.H2O.Zn/c1-16-11-18(3)30(19(4)12-16)44-34(42)28-22(7)26(38-32(28)36-24(9)40)15-27-23(8)29(33(39-27)37-25(10)41)35(43)45-31-20(5)13-17(2)14-21(31)6;1-2(3)4;;/h15-21,30-31H,11-14H2,1-10H3,(H3,36,37,38,39,40,41,42,43);1H3,(H,3,4);1H2;. The number of aliphatic carboxylic acids is 1. The van der Waals surface area contributed by atoms with Crippen molar-refractivity contribution in [1.82, 2.24) is 10.3 Å². The number of carbonyl (C=O) groups excluding carboxylic acids is 4. The fourth-order valence-electron chi connectivity index (χ4n) is 7.78. The number of nitrogens with zero attached hydrogens (tertiary/aromatic N) is 2. The van der Waals surface area contributed by atoms with Crippen molar-refractivity contribution in [3.8, 4) is 0 Å². The Labute approximate surface area is 313 Å². The summed E-state index contributed by atoms with van der Waals surface area (Å²) in [5.74, 6) is -0.493. The molecule has 2 aliphatic carbocycles. The molecule has 1 aromatic rings. The van der Waals surface area contributed by atoms with E-state index in [1.54, 1.807) is 19.9 Å². The molecule has 6 N–H and O–H groups in total. The summed E-state index contributed by atoms with van der Waals surface area (Å²) in [6, 6.07) is 0. The van der Waals surface area contributed by atoms with E-state index in [0.29, 0.717) is 34.4 Å². The van der Waals surface area contributed by atoms with Gasteiger partial charge in [0.2, 0.25) is 5.91 Å². The van der Waals surface area contributed by atoms with Crippen LogP contribution in [0.4, 0.5) is 5.82 Å². The van der Waals surface area contributed by atoms with Crippen molar-refractivity contribution in [3.63, 3.8) is 0 Å². The van der Waals surface area contributed by atoms with Gasteiger partial charge in [-0.15, -0.1) is 0 Å². The van der Waals surface area contributed by atoms with Crippen LogP contribution in [0.1, 0.15) is 117 Å². The Morgan fingerprint density at radius 2 is 1.18 bits per heavy atom. The van der Waals surface area contributed by atoms with E-state index in [9.17, 15) is 19.2 Å². The van der Waals surface area contributed by atoms with Crippen LogP contribution in [0.15, 0.2) is 21.8 Å². The second kappa shape index (κ2) is 19.3. The number of ether oxygens (including phenoxy) is 2. The van der Waals surface area contributed by atoms with Gasteiger partial charge in [0.15, 0.2) is 0 Å². The summed E-state index contributed by atoms with van der Waals surface area (Å²) < 4.78 is 12.1. The molecule has 2 fully saturated rings. The van der Waals surface area contributed by atoms with Crippen molar-refractivity contribution < 1.29 is 63.5 Å². The molecule has 2 heterocycles. The van der Waals surface area contributed by atoms with Gasteiger partial charge in [0, 0.05) is 33.3 Å². The number of nitrogens with one attached hydrogen (secondary N) is 2. The number of amidine groups is 1. The maximum atomic E-state index is 13.6. The number of anilines is 1. The van der Waals surface area contributed by atoms with Gasteiger partial charge in [-0.25, -0.2) is 14.6 Å². The van der Waals surface area contributed by atoms with Gasteiger partial charge in [0.05, 0.1) is 11.3 Å². The summed E-state index contributed by atoms with van der Waals surface area (Å²) in [7, 11) is 0. The number of amides is 2. The van der Waals surface area contributed by atoms with Gasteiger partial charge >= 0.3 is 11.9 Å². The summed E-state index contributed by atoms with van der Waals surface area (Å²) in [6.07, 6.45) is 5.05. The number of aromatic nitrogens is 1. The van der Waals surface area contributed by atoms with Crippen LogP contribution in [0.5, 0.6) is 0 Å². The number of carboxylic acids is 1. The van der Waals surface area contributed by atoms with Crippen molar-refractivity contribution in [2.24, 2.45) is 40.5 Å². The second-order valence-electron chi connectivity index (χ2n) is 14.5. The Hall–Kier alpha value is -3.64. The number of allylic oxidation sites excluding steroid dienone is 1. The second-order valence-corrected chi connectivity index (χ2v) is 14.5. The van der Waals surface area contributed by atoms with E-state index in [-0.39, 0.29) is 95.4 Å². The molecule has 2 amide bonds. The zero-order valence-corrected chi connectivity index (χ0v) is 35.0. The predicted molar refractivity (Wildman–Crippen MR) is 191 cm³/mol. The van der Waals surface area contributed by atoms with Crippen LogP contribution in [0.2, 0.25) is 0 Å². The van der Waals surface area contributed by atoms with Crippen LogP contribution in [-0.2, 0) is 53.6 Å². The molecule has 4 rings (SSSR count). The molecule has 0 bridgehead atoms. The fraction of sp³-hybridized carbons (Fsp3) is 0.622. The molecule has 0 saturated heterocycles. The monoisotopic (exact) mass is 764 g/mol. The normalized spacial score (nSPS) is 27.8. The zero-order valence-electron chi connectivity index (χ0n) is 32.0. The van der Waals surface area contributed by atoms with Crippen molar-refractivity contribution in [2.75, 3.05) is 5.32 Å². The maximum absolute atomic E-state index is 13.6. The summed E-state index contributed by atoms with van der Waals surface area (Å²) >= 11 is 0. The molecule has 13 nitrogen and oxygen atoms in total. The van der Waals surface area contributed by atoms with E-state index in [2.05, 4.69) is 62.2 Å². The molecule has 0 aromatic carbocycles. The smallest absolute Gasteiger partial charge is 0.342 e. The first-order valence-corrected chi connectivity index (χ1v) is 17.2. The van der Waals surface area contributed by atoms with Crippen LogP contribution < -0.4 is 15.6 Å². The Bertz CT molecular complexity index is 1530. The third kappa shape index (κ3) is 11.7. The molecule has 4 atom stereocenters. The van der Waals surface area contributed by atoms with Gasteiger partial charge in [-0.05, 0) is 111 Å². The Morgan fingerprint density at radius 1 is 0.765 bits per heavy atom. The number of hydrogen-bond acceptors (Lipinski definition) is 8. The molecule has 1 aliphatic heterocycles. The minimum Gasteiger partial charge on any atom is -0.481 e. The van der Waals surface area contributed by atoms with E-state index in [1.807, 2.05) is 0 Å². The summed E-state index contributed by atoms with van der Waals surface area (Å²) in [5.41, 5.74) is 2.19. The molecule has 280 valence electrons. The minimum absolute atomic E-state index is 0. The average Bonchev–Trinajstić information content (AvgIpc) is 3.41. The van der Waals surface area contributed by atoms with Crippen molar-refractivity contribution >= 4 is 47.5 Å². The quantitative estimate of drug-likeness (QED) is 0.199. The number of carbonyl (C=O) groups is 5. The van der Waals surface area contributed by atoms with Gasteiger partial charge in [-0.3, -0.25) is 14.4 Å². The molecular weight excluding hydrogens is 710 g/mol. The van der Waals surface area contributed by atoms with Gasteiger partial charge in [0.1, 0.15) is 29.5 Å². The van der Waals surface area contributed by atoms with Gasteiger partial charge < -0.3 is 35.7 Å². The number of aliphatic imine (C=N–C) groups is 1. The molecule has 0 spiro atoms. The molecule has 1 aromatic heterocycles. The largest absolute Gasteiger partial charge is 0.481 e. The first-order chi connectivity index (χ1) is 22.8. The molecule has 2 saturated carbocycles. The SMILES string of the molecule is CC(=O)NC1=NC(=Cc2[n-]c(NC(C)=O)c(C(=O)OC3C(C)CC(C)CC3C)c2C)C(C)=C1C(=O)OC1C(C)CC(C)CC1C.CC(=O)O.[OH3+].[Zn]. The molecule has 3 aliphatic rings. The van der Waals surface area contributed by atoms with Gasteiger partial charge in [-0.2, -0.15) is 0 Å². The zero-order chi connectivity index (χ0) is 36.9. The predicted octanol–water partition coefficient (Wildman–Crippen LogP) is 5.12. The number of carboxylic acid groups (broad SMARTS) is 1. The molecule has 51 heavy (non-hydrogen) atoms. The Morgan fingerprint density at radius 3 is 1.59 bits per heavy atom. The van der Waals surface area contributed by atoms with E-state index in [1.165, 1.54) is 13.8 Å². The number of rotatable bonds is 6. The third-order valence-electron chi connectivity index (χ3n) is 9.55. The van der Waals surface area contributed by atoms with Crippen LogP contribution in [0.3, 0.4) is 0 Å². The number of esters is 2. The van der Waals surface area contributed by atoms with E-state index >= 15 is 0 Å². The molecular formula is C37H56N4O9Zn. The Balaban J connectivity index is 0.00000206. The van der Waals surface area contributed by atoms with Gasteiger partial charge in [0.25, 0.3) is 5.97 Å². The number of hydrogen-bond donors (Lipinski definition) is 3. The minimum atomic E-state index is -0.833. The van der Waals surface area contributed by atoms with Crippen LogP contribution >= 0.6 is 0 Å². The first-order valence-electron chi connectivity index (χ1n) is 17.2. The van der Waals surface area contributed by atoms with Crippen LogP contribution in [-0.4, -0.2) is 52.9 Å². The first kappa shape index (κ1) is 45.4. The third-order valence-corrected chi connectivity index (χ3v) is 9.55. The molecule has 14 heteroatoms. The average molecular weight is 766 g/mol. The van der Waals surface area contributed by atoms with E-state index in [4.69, 9.17) is 19.4 Å². The molecule has 4 unspecified atom stereocenters. The van der Waals surface area contributed by atoms with Crippen molar-refractivity contribution in [3.05, 3.63) is 33.7 Å². The maximum Gasteiger partial charge on any atom is 0.342 e. The topological polar surface area (TPSA) is 208 Å². The molecule has 0 radical (unpaired) electrons. The Kier molecular flexibility index (Phi) is 17.1. The van der Waals surface area contributed by atoms with Crippen molar-refractivity contribution in [2.45, 2.75) is 114 Å². The van der Waals surface area contributed by atoms with Crippen molar-refractivity contribution in [1.29, 1.82) is 0 Å². The van der Waals surface area contributed by atoms with Crippen LogP contribution in [0, 0.1) is 42.4 Å². The summed E-state index contributed by atoms with van der Waals surface area (Å²) in [6.45, 7) is 20.1. The van der Waals surface area contributed by atoms with Gasteiger partial charge in [-0.1, -0.05) is 41.5 Å². The van der Waals surface area contributed by atoms with E-state index < -0.39 is 17.9 Å². The van der Waals surface area contributed by atoms with Crippen LogP contribution in [0.25, 0.3) is 6.08 Å². The fourth-order valence-corrected chi connectivity index (χ4v) is 7.78.